The Labute approximate surface area is 159 Å². The summed E-state index contributed by atoms with van der Waals surface area (Å²) in [5.41, 5.74) is 1.82. The molecule has 0 aliphatic rings. The van der Waals surface area contributed by atoms with Crippen molar-refractivity contribution >= 4 is 50.2 Å². The van der Waals surface area contributed by atoms with Crippen molar-refractivity contribution in [3.63, 3.8) is 0 Å². The summed E-state index contributed by atoms with van der Waals surface area (Å²) in [7, 11) is 0. The van der Waals surface area contributed by atoms with Gasteiger partial charge in [-0.2, -0.15) is 4.99 Å². The number of aryl methyl sites for hydroxylation is 1. The minimum Gasteiger partial charge on any atom is -0.451 e. The zero-order chi connectivity index (χ0) is 18.1. The van der Waals surface area contributed by atoms with Gasteiger partial charge in [-0.25, -0.2) is 0 Å². The number of fused-ring (bicyclic) bond motifs is 2. The van der Waals surface area contributed by atoms with Crippen LogP contribution >= 0.6 is 23.1 Å². The number of aromatic nitrogens is 1. The smallest absolute Gasteiger partial charge is 0.315 e. The van der Waals surface area contributed by atoms with Gasteiger partial charge in [-0.3, -0.25) is 4.79 Å². The van der Waals surface area contributed by atoms with Gasteiger partial charge in [0.05, 0.1) is 10.2 Å². The number of amides is 1. The Balaban J connectivity index is 1.83. The first kappa shape index (κ1) is 17.1. The molecule has 26 heavy (non-hydrogen) atoms. The number of furan rings is 1. The first-order valence-electron chi connectivity index (χ1n) is 8.44. The van der Waals surface area contributed by atoms with Crippen LogP contribution in [0.25, 0.3) is 21.2 Å². The standard InChI is InChI=1S/C20H18N2O2S2/c1-3-10-22-15-9-8-14(25-2)12-18(15)26-20(22)21-19(23)17-11-13-6-4-5-7-16(13)24-17/h4-9,11-12H,3,10H2,1-2H3. The van der Waals surface area contributed by atoms with Crippen molar-refractivity contribution in [3.8, 4) is 0 Å². The van der Waals surface area contributed by atoms with Crippen LogP contribution < -0.4 is 4.80 Å². The predicted molar refractivity (Wildman–Crippen MR) is 108 cm³/mol. The summed E-state index contributed by atoms with van der Waals surface area (Å²) in [5, 5.41) is 0.911. The largest absolute Gasteiger partial charge is 0.451 e. The van der Waals surface area contributed by atoms with Crippen molar-refractivity contribution in [2.45, 2.75) is 24.8 Å². The van der Waals surface area contributed by atoms with Crippen molar-refractivity contribution in [2.24, 2.45) is 4.99 Å². The lowest BCUT2D eigenvalue weighted by Gasteiger charge is -2.03. The van der Waals surface area contributed by atoms with Gasteiger partial charge >= 0.3 is 5.91 Å². The first-order chi connectivity index (χ1) is 12.7. The number of carbonyl (C=O) groups is 1. The molecule has 0 saturated carbocycles. The Morgan fingerprint density at radius 1 is 1.23 bits per heavy atom. The number of carbonyl (C=O) groups excluding carboxylic acids is 1. The Hall–Kier alpha value is -2.31. The van der Waals surface area contributed by atoms with Crippen LogP contribution in [0.3, 0.4) is 0 Å². The maximum atomic E-state index is 12.7. The SMILES string of the molecule is CCCn1c(=NC(=O)c2cc3ccccc3o2)sc2cc(SC)ccc21. The van der Waals surface area contributed by atoms with E-state index in [2.05, 4.69) is 40.9 Å². The first-order valence-corrected chi connectivity index (χ1v) is 10.5. The lowest BCUT2D eigenvalue weighted by molar-refractivity contribution is 0.0973. The van der Waals surface area contributed by atoms with E-state index in [1.54, 1.807) is 29.2 Å². The van der Waals surface area contributed by atoms with Gasteiger partial charge in [0.1, 0.15) is 5.58 Å². The van der Waals surface area contributed by atoms with E-state index in [1.807, 2.05) is 24.3 Å². The summed E-state index contributed by atoms with van der Waals surface area (Å²) < 4.78 is 8.92. The Bertz CT molecular complexity index is 1130. The molecular weight excluding hydrogens is 364 g/mol. The number of nitrogens with zero attached hydrogens (tertiary/aromatic N) is 2. The second-order valence-electron chi connectivity index (χ2n) is 5.94. The van der Waals surface area contributed by atoms with Gasteiger partial charge in [0.2, 0.25) is 0 Å². The number of thiazole rings is 1. The van der Waals surface area contributed by atoms with Crippen LogP contribution in [0.2, 0.25) is 0 Å². The summed E-state index contributed by atoms with van der Waals surface area (Å²) in [6.45, 7) is 2.95. The van der Waals surface area contributed by atoms with Gasteiger partial charge in [0.15, 0.2) is 10.6 Å². The third-order valence-corrected chi connectivity index (χ3v) is 5.94. The molecule has 0 aliphatic heterocycles. The van der Waals surface area contributed by atoms with Crippen LogP contribution in [0.1, 0.15) is 23.9 Å². The molecule has 6 heteroatoms. The van der Waals surface area contributed by atoms with Crippen molar-refractivity contribution in [2.75, 3.05) is 6.26 Å². The maximum absolute atomic E-state index is 12.7. The highest BCUT2D eigenvalue weighted by Crippen LogP contribution is 2.24. The third kappa shape index (κ3) is 3.10. The van der Waals surface area contributed by atoms with E-state index in [0.29, 0.717) is 10.4 Å². The van der Waals surface area contributed by atoms with Gasteiger partial charge in [-0.1, -0.05) is 36.5 Å². The molecule has 0 atom stereocenters. The van der Waals surface area contributed by atoms with E-state index in [-0.39, 0.29) is 11.7 Å². The van der Waals surface area contributed by atoms with E-state index in [4.69, 9.17) is 4.42 Å². The molecule has 1 amide bonds. The highest BCUT2D eigenvalue weighted by Gasteiger charge is 2.13. The average molecular weight is 383 g/mol. The van der Waals surface area contributed by atoms with E-state index in [9.17, 15) is 4.79 Å². The fourth-order valence-corrected chi connectivity index (χ4v) is 4.54. The van der Waals surface area contributed by atoms with Crippen LogP contribution in [0.4, 0.5) is 0 Å². The molecule has 2 aromatic carbocycles. The zero-order valence-corrected chi connectivity index (χ0v) is 16.2. The molecule has 0 bridgehead atoms. The van der Waals surface area contributed by atoms with Crippen LogP contribution in [0.15, 0.2) is 62.8 Å². The van der Waals surface area contributed by atoms with E-state index >= 15 is 0 Å². The van der Waals surface area contributed by atoms with Crippen LogP contribution in [0, 0.1) is 0 Å². The molecule has 2 aromatic heterocycles. The van der Waals surface area contributed by atoms with Gasteiger partial charge in [0.25, 0.3) is 0 Å². The molecule has 4 rings (SSSR count). The number of hydrogen-bond donors (Lipinski definition) is 0. The summed E-state index contributed by atoms with van der Waals surface area (Å²) in [4.78, 5) is 19.0. The lowest BCUT2D eigenvalue weighted by Crippen LogP contribution is -2.16. The number of benzene rings is 2. The third-order valence-electron chi connectivity index (χ3n) is 4.17. The van der Waals surface area contributed by atoms with E-state index in [0.717, 1.165) is 28.6 Å². The van der Waals surface area contributed by atoms with Crippen LogP contribution in [-0.4, -0.2) is 16.7 Å². The maximum Gasteiger partial charge on any atom is 0.315 e. The van der Waals surface area contributed by atoms with Gasteiger partial charge in [-0.15, -0.1) is 11.8 Å². The van der Waals surface area contributed by atoms with Crippen LogP contribution in [-0.2, 0) is 6.54 Å². The molecule has 0 spiro atoms. The Morgan fingerprint density at radius 3 is 2.85 bits per heavy atom. The second kappa shape index (κ2) is 7.13. The lowest BCUT2D eigenvalue weighted by atomic mass is 10.2. The summed E-state index contributed by atoms with van der Waals surface area (Å²) >= 11 is 3.25. The quantitative estimate of drug-likeness (QED) is 0.449. The van der Waals surface area contributed by atoms with Gasteiger partial charge in [-0.05, 0) is 43.0 Å². The fourth-order valence-electron chi connectivity index (χ4n) is 2.93. The number of hydrogen-bond acceptors (Lipinski definition) is 4. The molecule has 0 radical (unpaired) electrons. The van der Waals surface area contributed by atoms with E-state index < -0.39 is 0 Å². The molecule has 0 saturated heterocycles. The number of rotatable bonds is 4. The molecule has 2 heterocycles. The topological polar surface area (TPSA) is 47.5 Å². The van der Waals surface area contributed by atoms with Gasteiger partial charge < -0.3 is 8.98 Å². The molecule has 4 aromatic rings. The number of thioether (sulfide) groups is 1. The van der Waals surface area contributed by atoms with Crippen molar-refractivity contribution in [1.82, 2.24) is 4.57 Å². The highest BCUT2D eigenvalue weighted by atomic mass is 32.2. The molecule has 0 fully saturated rings. The highest BCUT2D eigenvalue weighted by molar-refractivity contribution is 7.98. The Morgan fingerprint density at radius 2 is 2.08 bits per heavy atom. The fraction of sp³-hybridized carbons (Fsp3) is 0.200. The van der Waals surface area contributed by atoms with Crippen molar-refractivity contribution < 1.29 is 9.21 Å². The normalized spacial score (nSPS) is 12.3. The molecule has 4 nitrogen and oxygen atoms in total. The summed E-state index contributed by atoms with van der Waals surface area (Å²) in [6.07, 6.45) is 3.04. The molecule has 0 N–H and O–H groups in total. The van der Waals surface area contributed by atoms with Gasteiger partial charge in [0, 0.05) is 16.8 Å². The summed E-state index contributed by atoms with van der Waals surface area (Å²) in [5.74, 6) is -0.0702. The molecular formula is C20H18N2O2S2. The second-order valence-corrected chi connectivity index (χ2v) is 7.82. The Kier molecular flexibility index (Phi) is 4.70. The van der Waals surface area contributed by atoms with Crippen molar-refractivity contribution in [1.29, 1.82) is 0 Å². The average Bonchev–Trinajstić information content (AvgIpc) is 3.23. The predicted octanol–water partition coefficient (Wildman–Crippen LogP) is 5.32. The minimum atomic E-state index is -0.345. The van der Waals surface area contributed by atoms with Crippen molar-refractivity contribution in [3.05, 3.63) is 59.1 Å². The van der Waals surface area contributed by atoms with Crippen LogP contribution in [0.5, 0.6) is 0 Å². The molecule has 132 valence electrons. The molecule has 0 unspecified atom stereocenters. The minimum absolute atomic E-state index is 0.275. The summed E-state index contributed by atoms with van der Waals surface area (Å²) in [6, 6.07) is 15.7. The zero-order valence-electron chi connectivity index (χ0n) is 14.6. The number of para-hydroxylation sites is 1. The van der Waals surface area contributed by atoms with E-state index in [1.165, 1.54) is 4.90 Å². The molecule has 0 aliphatic carbocycles. The monoisotopic (exact) mass is 382 g/mol.